The van der Waals surface area contributed by atoms with E-state index >= 15 is 0 Å². The minimum absolute atomic E-state index is 0.0182. The maximum absolute atomic E-state index is 7.59. The molecule has 0 unspecified atom stereocenters. The number of benzene rings is 5. The van der Waals surface area contributed by atoms with Crippen molar-refractivity contribution in [1.29, 1.82) is 0 Å². The first-order chi connectivity index (χ1) is 22.6. The average Bonchev–Trinajstić information content (AvgIpc) is 3.40. The molecule has 2 aliphatic carbocycles. The minimum atomic E-state index is -0.848. The van der Waals surface area contributed by atoms with Crippen LogP contribution in [0.1, 0.15) is 65.5 Å². The van der Waals surface area contributed by atoms with Crippen LogP contribution in [-0.2, 0) is 16.8 Å². The Bertz CT molecular complexity index is 1940. The van der Waals surface area contributed by atoms with E-state index in [0.29, 0.717) is 5.75 Å². The van der Waals surface area contributed by atoms with E-state index in [2.05, 4.69) is 79.1 Å². The van der Waals surface area contributed by atoms with Crippen molar-refractivity contribution in [2.45, 2.75) is 53.8 Å². The van der Waals surface area contributed by atoms with Crippen LogP contribution < -0.4 is 14.2 Å². The molecule has 1 saturated carbocycles. The van der Waals surface area contributed by atoms with E-state index < -0.39 is 5.60 Å². The summed E-state index contributed by atoms with van der Waals surface area (Å²) in [6, 6.07) is 30.5. The molecule has 0 saturated heterocycles. The van der Waals surface area contributed by atoms with E-state index in [-0.39, 0.29) is 5.41 Å². The second-order valence-electron chi connectivity index (χ2n) is 12.7. The predicted molar refractivity (Wildman–Crippen MR) is 194 cm³/mol. The van der Waals surface area contributed by atoms with E-state index in [1.54, 1.807) is 26.0 Å². The van der Waals surface area contributed by atoms with Gasteiger partial charge in [0.15, 0.2) is 5.60 Å². The van der Waals surface area contributed by atoms with E-state index in [1.165, 1.54) is 62.9 Å². The van der Waals surface area contributed by atoms with Gasteiger partial charge < -0.3 is 14.2 Å². The molecule has 0 bridgehead atoms. The van der Waals surface area contributed by atoms with E-state index in [0.717, 1.165) is 46.6 Å². The molecule has 3 aliphatic rings. The van der Waals surface area contributed by atoms with Gasteiger partial charge in [-0.1, -0.05) is 73.9 Å². The number of rotatable bonds is 6. The Hall–Kier alpha value is -3.80. The highest BCUT2D eigenvalue weighted by molar-refractivity contribution is 7.98. The van der Waals surface area contributed by atoms with Gasteiger partial charge in [-0.25, -0.2) is 0 Å². The number of hydrogen-bond donors (Lipinski definition) is 1. The van der Waals surface area contributed by atoms with Gasteiger partial charge in [-0.15, -0.1) is 11.8 Å². The van der Waals surface area contributed by atoms with Gasteiger partial charge in [0.25, 0.3) is 0 Å². The maximum Gasteiger partial charge on any atom is 0.178 e. The fourth-order valence-corrected chi connectivity index (χ4v) is 9.38. The molecule has 5 aromatic carbocycles. The van der Waals surface area contributed by atoms with Gasteiger partial charge in [0.1, 0.15) is 17.2 Å². The van der Waals surface area contributed by atoms with Crippen molar-refractivity contribution >= 4 is 41.2 Å². The Morgan fingerprint density at radius 2 is 1.46 bits per heavy atom. The predicted octanol–water partition coefficient (Wildman–Crippen LogP) is 10.6. The zero-order chi connectivity index (χ0) is 31.5. The first-order valence-corrected chi connectivity index (χ1v) is 18.0. The molecule has 1 spiro atoms. The van der Waals surface area contributed by atoms with Gasteiger partial charge >= 0.3 is 0 Å². The van der Waals surface area contributed by atoms with Crippen molar-refractivity contribution in [3.63, 3.8) is 0 Å². The molecule has 0 aromatic heterocycles. The molecule has 3 nitrogen and oxygen atoms in total. The van der Waals surface area contributed by atoms with Crippen molar-refractivity contribution in [3.05, 3.63) is 124 Å². The van der Waals surface area contributed by atoms with E-state index in [9.17, 15) is 0 Å². The van der Waals surface area contributed by atoms with E-state index in [4.69, 9.17) is 26.8 Å². The summed E-state index contributed by atoms with van der Waals surface area (Å²) in [6.45, 7) is 0. The number of thiol groups is 1. The van der Waals surface area contributed by atoms with Gasteiger partial charge in [0.05, 0.1) is 14.2 Å². The van der Waals surface area contributed by atoms with Gasteiger partial charge in [-0.3, -0.25) is 0 Å². The van der Waals surface area contributed by atoms with Crippen LogP contribution in [0.2, 0.25) is 0 Å². The van der Waals surface area contributed by atoms with Crippen molar-refractivity contribution in [1.82, 2.24) is 0 Å². The third-order valence-corrected chi connectivity index (χ3v) is 11.7. The summed E-state index contributed by atoms with van der Waals surface area (Å²) in [7, 11) is 3.41. The number of fused-ring (bicyclic) bond motifs is 10. The molecule has 0 N–H and O–H groups in total. The Kier molecular flexibility index (Phi) is 7.38. The zero-order valence-corrected chi connectivity index (χ0v) is 28.3. The molecule has 1 aliphatic heterocycles. The van der Waals surface area contributed by atoms with Gasteiger partial charge in [0, 0.05) is 38.1 Å². The highest BCUT2D eigenvalue weighted by Gasteiger charge is 2.48. The Balaban J connectivity index is 1.46. The van der Waals surface area contributed by atoms with Crippen molar-refractivity contribution in [3.8, 4) is 28.4 Å². The highest BCUT2D eigenvalue weighted by atomic mass is 32.2. The smallest absolute Gasteiger partial charge is 0.178 e. The fraction of sp³-hybridized carbons (Fsp3) is 0.268. The number of methoxy groups -OCH3 is 2. The summed E-state index contributed by atoms with van der Waals surface area (Å²) in [4.78, 5) is 1.24. The lowest BCUT2D eigenvalue weighted by molar-refractivity contribution is 0.163. The Morgan fingerprint density at radius 1 is 0.804 bits per heavy atom. The third-order valence-electron chi connectivity index (χ3n) is 10.6. The van der Waals surface area contributed by atoms with Crippen LogP contribution in [0.25, 0.3) is 28.0 Å². The molecular weight excluding hydrogens is 605 g/mol. The molecule has 5 aromatic rings. The highest BCUT2D eigenvalue weighted by Crippen LogP contribution is 2.62. The second-order valence-corrected chi connectivity index (χ2v) is 13.8. The maximum atomic E-state index is 7.59. The third kappa shape index (κ3) is 4.28. The fourth-order valence-electron chi connectivity index (χ4n) is 8.38. The van der Waals surface area contributed by atoms with Crippen LogP contribution >= 0.6 is 24.4 Å². The molecule has 0 amide bonds. The summed E-state index contributed by atoms with van der Waals surface area (Å²) in [6.07, 6.45) is 12.9. The summed E-state index contributed by atoms with van der Waals surface area (Å²) in [5.41, 5.74) is 9.41. The molecule has 1 heterocycles. The molecule has 46 heavy (non-hydrogen) atoms. The lowest BCUT2D eigenvalue weighted by Gasteiger charge is -2.41. The van der Waals surface area contributed by atoms with Gasteiger partial charge in [0.2, 0.25) is 0 Å². The van der Waals surface area contributed by atoms with Crippen molar-refractivity contribution in [2.75, 3.05) is 20.5 Å². The number of thioether (sulfide) groups is 1. The summed E-state index contributed by atoms with van der Waals surface area (Å²) < 4.78 is 18.7. The molecule has 8 rings (SSSR count). The average molecular weight is 643 g/mol. The topological polar surface area (TPSA) is 27.7 Å². The van der Waals surface area contributed by atoms with Crippen LogP contribution in [0.4, 0.5) is 0 Å². The SMILES string of the molecule is COc1ccc(C2(c3ccc(OC)cc3)C=Cc3c4c(c5cc(CS)c(SC)cc5c3O2)-c2ccccc2C42CCCCC2)cc1. The molecule has 0 atom stereocenters. The van der Waals surface area contributed by atoms with Crippen LogP contribution in [0.15, 0.2) is 95.9 Å². The normalized spacial score (nSPS) is 16.9. The standard InChI is InChI=1S/C41H38O3S2/c1-42-29-15-11-27(12-16-29)41(28-13-17-30(43-2)18-14-28)22-19-32-38-37(31-9-5-6-10-35(31)40(38)20-7-4-8-21-40)33-23-26(25-45)36(46-3)24-34(33)39(32)44-41/h5-6,9-19,22-24,45H,4,7-8,20-21,25H2,1-3H3. The van der Waals surface area contributed by atoms with E-state index in [1.807, 2.05) is 24.3 Å². The number of hydrogen-bond acceptors (Lipinski definition) is 5. The lowest BCUT2D eigenvalue weighted by atomic mass is 9.66. The first kappa shape index (κ1) is 29.6. The Morgan fingerprint density at radius 3 is 2.07 bits per heavy atom. The first-order valence-electron chi connectivity index (χ1n) is 16.2. The molecule has 5 heteroatoms. The summed E-state index contributed by atoms with van der Waals surface area (Å²) in [5, 5.41) is 2.42. The zero-order valence-electron chi connectivity index (χ0n) is 26.6. The Labute approximate surface area is 281 Å². The number of ether oxygens (including phenoxy) is 3. The van der Waals surface area contributed by atoms with Gasteiger partial charge in [-0.05, 0) is 94.8 Å². The molecular formula is C41H38O3S2. The quantitative estimate of drug-likeness (QED) is 0.147. The van der Waals surface area contributed by atoms with Crippen molar-refractivity contribution in [2.24, 2.45) is 0 Å². The van der Waals surface area contributed by atoms with Crippen LogP contribution in [0.3, 0.4) is 0 Å². The van der Waals surface area contributed by atoms with Crippen LogP contribution in [0.5, 0.6) is 17.2 Å². The van der Waals surface area contributed by atoms with Crippen molar-refractivity contribution < 1.29 is 14.2 Å². The molecule has 1 fully saturated rings. The minimum Gasteiger partial charge on any atom is -0.497 e. The van der Waals surface area contributed by atoms with Crippen LogP contribution in [-0.4, -0.2) is 20.5 Å². The lowest BCUT2D eigenvalue weighted by Crippen LogP contribution is -2.35. The molecule has 232 valence electrons. The second kappa shape index (κ2) is 11.5. The molecule has 0 radical (unpaired) electrons. The summed E-state index contributed by atoms with van der Waals surface area (Å²) in [5.74, 6) is 3.28. The van der Waals surface area contributed by atoms with Gasteiger partial charge in [-0.2, -0.15) is 12.6 Å². The summed E-state index contributed by atoms with van der Waals surface area (Å²) >= 11 is 6.57. The monoisotopic (exact) mass is 642 g/mol. The largest absolute Gasteiger partial charge is 0.497 e. The van der Waals surface area contributed by atoms with Crippen LogP contribution in [0, 0.1) is 0 Å².